The molecule has 4 rings (SSSR count). The highest BCUT2D eigenvalue weighted by Gasteiger charge is 2.32. The molecule has 5 nitrogen and oxygen atoms in total. The van der Waals surface area contributed by atoms with Crippen molar-refractivity contribution in [3.05, 3.63) is 66.2 Å². The van der Waals surface area contributed by atoms with E-state index in [2.05, 4.69) is 0 Å². The van der Waals surface area contributed by atoms with Crippen LogP contribution < -0.4 is 9.64 Å². The summed E-state index contributed by atoms with van der Waals surface area (Å²) in [5.41, 5.74) is 1.86. The third-order valence-electron chi connectivity index (χ3n) is 5.37. The van der Waals surface area contributed by atoms with Gasteiger partial charge in [-0.3, -0.25) is 9.59 Å². The molecule has 0 radical (unpaired) electrons. The topological polar surface area (TPSA) is 49.9 Å². The van der Waals surface area contributed by atoms with Crippen molar-refractivity contribution in [2.45, 2.75) is 12.8 Å². The number of likely N-dealkylation sites (tertiary alicyclic amines) is 1. The van der Waals surface area contributed by atoms with Crippen LogP contribution in [0.3, 0.4) is 0 Å². The van der Waals surface area contributed by atoms with Gasteiger partial charge in [0.2, 0.25) is 11.8 Å². The van der Waals surface area contributed by atoms with Crippen molar-refractivity contribution in [1.82, 2.24) is 4.90 Å². The van der Waals surface area contributed by atoms with Gasteiger partial charge in [0, 0.05) is 25.1 Å². The summed E-state index contributed by atoms with van der Waals surface area (Å²) in [5.74, 6) is 0.864. The lowest BCUT2D eigenvalue weighted by atomic mass is 9.94. The molecule has 1 saturated heterocycles. The molecule has 28 heavy (non-hydrogen) atoms. The second-order valence-corrected chi connectivity index (χ2v) is 7.15. The molecule has 2 heterocycles. The van der Waals surface area contributed by atoms with Crippen LogP contribution in [-0.4, -0.2) is 43.0 Å². The molecule has 0 spiro atoms. The first-order chi connectivity index (χ1) is 13.7. The van der Waals surface area contributed by atoms with E-state index in [-0.39, 0.29) is 17.7 Å². The Bertz CT molecular complexity index is 870. The normalized spacial score (nSPS) is 17.3. The number of amides is 2. The third kappa shape index (κ3) is 3.93. The molecule has 144 valence electrons. The number of piperidine rings is 1. The van der Waals surface area contributed by atoms with Gasteiger partial charge in [0.05, 0.1) is 12.2 Å². The van der Waals surface area contributed by atoms with Crippen molar-refractivity contribution in [1.29, 1.82) is 0 Å². The van der Waals surface area contributed by atoms with Crippen LogP contribution in [0.4, 0.5) is 5.69 Å². The number of anilines is 1. The summed E-state index contributed by atoms with van der Waals surface area (Å²) in [5, 5.41) is 0. The third-order valence-corrected chi connectivity index (χ3v) is 5.37. The summed E-state index contributed by atoms with van der Waals surface area (Å²) >= 11 is 0. The fraction of sp³-hybridized carbons (Fsp3) is 0.304. The fourth-order valence-electron chi connectivity index (χ4n) is 3.80. The summed E-state index contributed by atoms with van der Waals surface area (Å²) in [6.07, 6.45) is 4.85. The number of fused-ring (bicyclic) bond motifs is 1. The number of nitrogens with zero attached hydrogens (tertiary/aromatic N) is 2. The standard InChI is InChI=1S/C23H24N2O3/c26-22(11-10-18-6-2-1-3-7-18)24-14-12-19(13-15-24)23(27)25-16-17-28-21-9-5-4-8-20(21)25/h1-11,19H,12-17H2/b11-10+. The van der Waals surface area contributed by atoms with E-state index < -0.39 is 0 Å². The van der Waals surface area contributed by atoms with Gasteiger partial charge in [0.1, 0.15) is 12.4 Å². The lowest BCUT2D eigenvalue weighted by Crippen LogP contribution is -2.46. The van der Waals surface area contributed by atoms with Gasteiger partial charge in [-0.1, -0.05) is 42.5 Å². The SMILES string of the molecule is O=C(/C=C/c1ccccc1)N1CCC(C(=O)N2CCOc3ccccc32)CC1. The van der Waals surface area contributed by atoms with Gasteiger partial charge in [0.15, 0.2) is 0 Å². The predicted octanol–water partition coefficient (Wildman–Crippen LogP) is 3.36. The number of carbonyl (C=O) groups is 2. The predicted molar refractivity (Wildman–Crippen MR) is 109 cm³/mol. The molecule has 0 saturated carbocycles. The summed E-state index contributed by atoms with van der Waals surface area (Å²) in [6.45, 7) is 2.32. The van der Waals surface area contributed by atoms with E-state index in [9.17, 15) is 9.59 Å². The van der Waals surface area contributed by atoms with E-state index in [0.717, 1.165) is 17.0 Å². The van der Waals surface area contributed by atoms with Crippen LogP contribution in [0.15, 0.2) is 60.7 Å². The molecule has 2 aromatic carbocycles. The molecule has 2 aliphatic heterocycles. The number of hydrogen-bond donors (Lipinski definition) is 0. The molecule has 5 heteroatoms. The van der Waals surface area contributed by atoms with Gasteiger partial charge >= 0.3 is 0 Å². The van der Waals surface area contributed by atoms with Crippen molar-refractivity contribution in [3.8, 4) is 5.75 Å². The Morgan fingerprint density at radius 3 is 2.43 bits per heavy atom. The number of hydrogen-bond acceptors (Lipinski definition) is 3. The van der Waals surface area contributed by atoms with E-state index in [0.29, 0.717) is 39.1 Å². The molecule has 0 atom stereocenters. The lowest BCUT2D eigenvalue weighted by Gasteiger charge is -2.36. The van der Waals surface area contributed by atoms with Crippen LogP contribution in [0.25, 0.3) is 6.08 Å². The Kier molecular flexibility index (Phi) is 5.42. The van der Waals surface area contributed by atoms with E-state index in [1.165, 1.54) is 0 Å². The van der Waals surface area contributed by atoms with Crippen LogP contribution in [0.1, 0.15) is 18.4 Å². The summed E-state index contributed by atoms with van der Waals surface area (Å²) in [7, 11) is 0. The van der Waals surface area contributed by atoms with Crippen molar-refractivity contribution < 1.29 is 14.3 Å². The minimum atomic E-state index is -0.0479. The van der Waals surface area contributed by atoms with Crippen LogP contribution in [0, 0.1) is 5.92 Å². The molecular formula is C23H24N2O3. The number of carbonyl (C=O) groups excluding carboxylic acids is 2. The molecule has 0 N–H and O–H groups in total. The average molecular weight is 376 g/mol. The van der Waals surface area contributed by atoms with Crippen LogP contribution in [0.5, 0.6) is 5.75 Å². The highest BCUT2D eigenvalue weighted by atomic mass is 16.5. The first-order valence-corrected chi connectivity index (χ1v) is 9.77. The van der Waals surface area contributed by atoms with Crippen molar-refractivity contribution in [2.75, 3.05) is 31.1 Å². The smallest absolute Gasteiger partial charge is 0.246 e. The maximum Gasteiger partial charge on any atom is 0.246 e. The Labute approximate surface area is 165 Å². The van der Waals surface area contributed by atoms with E-state index in [4.69, 9.17) is 4.74 Å². The quantitative estimate of drug-likeness (QED) is 0.772. The number of ether oxygens (including phenoxy) is 1. The molecule has 0 aliphatic carbocycles. The maximum absolute atomic E-state index is 13.1. The number of benzene rings is 2. The van der Waals surface area contributed by atoms with Gasteiger partial charge < -0.3 is 14.5 Å². The van der Waals surface area contributed by atoms with Gasteiger partial charge in [-0.2, -0.15) is 0 Å². The molecule has 2 aliphatic rings. The molecule has 2 amide bonds. The van der Waals surface area contributed by atoms with Crippen LogP contribution in [-0.2, 0) is 9.59 Å². The fourth-order valence-corrected chi connectivity index (χ4v) is 3.80. The minimum Gasteiger partial charge on any atom is -0.490 e. The first kappa shape index (κ1) is 18.3. The molecule has 0 aromatic heterocycles. The van der Waals surface area contributed by atoms with E-state index >= 15 is 0 Å². The van der Waals surface area contributed by atoms with E-state index in [1.54, 1.807) is 6.08 Å². The summed E-state index contributed by atoms with van der Waals surface area (Å²) in [4.78, 5) is 29.2. The average Bonchev–Trinajstić information content (AvgIpc) is 2.77. The van der Waals surface area contributed by atoms with Crippen LogP contribution in [0.2, 0.25) is 0 Å². The lowest BCUT2D eigenvalue weighted by molar-refractivity contribution is -0.131. The second-order valence-electron chi connectivity index (χ2n) is 7.15. The number of rotatable bonds is 3. The Hall–Kier alpha value is -3.08. The Morgan fingerprint density at radius 1 is 0.929 bits per heavy atom. The largest absolute Gasteiger partial charge is 0.490 e. The summed E-state index contributed by atoms with van der Waals surface area (Å²) < 4.78 is 5.65. The second kappa shape index (κ2) is 8.30. The summed E-state index contributed by atoms with van der Waals surface area (Å²) in [6, 6.07) is 17.5. The molecule has 2 aromatic rings. The van der Waals surface area contributed by atoms with Crippen molar-refractivity contribution >= 4 is 23.6 Å². The highest BCUT2D eigenvalue weighted by Crippen LogP contribution is 2.33. The zero-order valence-corrected chi connectivity index (χ0v) is 15.8. The van der Waals surface area contributed by atoms with Crippen LogP contribution >= 0.6 is 0 Å². The molecular weight excluding hydrogens is 352 g/mol. The minimum absolute atomic E-state index is 0.00599. The van der Waals surface area contributed by atoms with E-state index in [1.807, 2.05) is 70.5 Å². The van der Waals surface area contributed by atoms with Gasteiger partial charge in [-0.25, -0.2) is 0 Å². The first-order valence-electron chi connectivity index (χ1n) is 9.77. The van der Waals surface area contributed by atoms with Gasteiger partial charge in [0.25, 0.3) is 0 Å². The van der Waals surface area contributed by atoms with Gasteiger partial charge in [-0.05, 0) is 36.6 Å². The van der Waals surface area contributed by atoms with Crippen molar-refractivity contribution in [3.63, 3.8) is 0 Å². The Morgan fingerprint density at radius 2 is 1.64 bits per heavy atom. The number of para-hydroxylation sites is 2. The monoisotopic (exact) mass is 376 g/mol. The maximum atomic E-state index is 13.1. The zero-order valence-electron chi connectivity index (χ0n) is 15.8. The highest BCUT2D eigenvalue weighted by molar-refractivity contribution is 5.97. The van der Waals surface area contributed by atoms with Gasteiger partial charge in [-0.15, -0.1) is 0 Å². The molecule has 0 unspecified atom stereocenters. The van der Waals surface area contributed by atoms with Crippen molar-refractivity contribution in [2.24, 2.45) is 5.92 Å². The molecule has 1 fully saturated rings. The zero-order chi connectivity index (χ0) is 19.3. The molecule has 0 bridgehead atoms. The Balaban J connectivity index is 1.35.